The lowest BCUT2D eigenvalue weighted by Crippen LogP contribution is -2.34. The van der Waals surface area contributed by atoms with E-state index in [1.54, 1.807) is 49.4 Å². The van der Waals surface area contributed by atoms with Gasteiger partial charge in [0.25, 0.3) is 0 Å². The lowest BCUT2D eigenvalue weighted by Gasteiger charge is -2.30. The zero-order chi connectivity index (χ0) is 27.0. The number of benzene rings is 3. The summed E-state index contributed by atoms with van der Waals surface area (Å²) in [6, 6.07) is 18.8. The van der Waals surface area contributed by atoms with Crippen LogP contribution in [-0.4, -0.2) is 37.7 Å². The summed E-state index contributed by atoms with van der Waals surface area (Å²) in [7, 11) is 2.83. The van der Waals surface area contributed by atoms with Crippen LogP contribution in [0, 0.1) is 5.92 Å². The van der Waals surface area contributed by atoms with E-state index in [4.69, 9.17) is 14.2 Å². The summed E-state index contributed by atoms with van der Waals surface area (Å²) in [5.74, 6) is -2.43. The average Bonchev–Trinajstić information content (AvgIpc) is 3.22. The minimum absolute atomic E-state index is 0.0828. The SMILES string of the molecule is COC(=O)C1C(C)=NC2=C(C(=O)c3ccccc32)[C@@H]1c1ccc(OCc2ccc(C(=O)[O-])cc2)c(OC)c1. The van der Waals surface area contributed by atoms with Crippen LogP contribution in [0.3, 0.4) is 0 Å². The van der Waals surface area contributed by atoms with Gasteiger partial charge in [-0.2, -0.15) is 0 Å². The van der Waals surface area contributed by atoms with E-state index in [1.165, 1.54) is 26.4 Å². The van der Waals surface area contributed by atoms with Crippen molar-refractivity contribution in [2.45, 2.75) is 19.4 Å². The number of esters is 1. The van der Waals surface area contributed by atoms with E-state index in [1.807, 2.05) is 12.1 Å². The molecule has 2 atom stereocenters. The number of carboxylic acids is 1. The Morgan fingerprint density at radius 2 is 1.66 bits per heavy atom. The summed E-state index contributed by atoms with van der Waals surface area (Å²) in [5, 5.41) is 11.0. The number of aliphatic imine (C=N–C) groups is 1. The number of methoxy groups -OCH3 is 2. The van der Waals surface area contributed by atoms with Crippen LogP contribution in [0.2, 0.25) is 0 Å². The topological polar surface area (TPSA) is 114 Å². The van der Waals surface area contributed by atoms with E-state index < -0.39 is 23.8 Å². The van der Waals surface area contributed by atoms with E-state index in [0.717, 1.165) is 11.1 Å². The molecule has 8 nitrogen and oxygen atoms in total. The molecule has 1 aliphatic carbocycles. The molecule has 192 valence electrons. The molecule has 0 bridgehead atoms. The second-order valence-electron chi connectivity index (χ2n) is 9.05. The summed E-state index contributed by atoms with van der Waals surface area (Å²) >= 11 is 0. The molecule has 0 saturated carbocycles. The van der Waals surface area contributed by atoms with Crippen LogP contribution in [0.4, 0.5) is 0 Å². The van der Waals surface area contributed by atoms with Crippen molar-refractivity contribution in [1.29, 1.82) is 0 Å². The third-order valence-electron chi connectivity index (χ3n) is 6.90. The highest BCUT2D eigenvalue weighted by Gasteiger charge is 2.46. The van der Waals surface area contributed by atoms with E-state index in [0.29, 0.717) is 39.6 Å². The van der Waals surface area contributed by atoms with Crippen LogP contribution in [0.5, 0.6) is 11.5 Å². The molecular formula is C30H24NO7-. The van der Waals surface area contributed by atoms with Crippen molar-refractivity contribution in [3.05, 3.63) is 100 Å². The second-order valence-corrected chi connectivity index (χ2v) is 9.05. The predicted octanol–water partition coefficient (Wildman–Crippen LogP) is 3.59. The summed E-state index contributed by atoms with van der Waals surface area (Å²) < 4.78 is 16.7. The molecule has 1 heterocycles. The largest absolute Gasteiger partial charge is 0.545 e. The molecule has 5 rings (SSSR count). The molecule has 0 saturated heterocycles. The monoisotopic (exact) mass is 510 g/mol. The Bertz CT molecular complexity index is 1520. The van der Waals surface area contributed by atoms with Gasteiger partial charge in [-0.25, -0.2) is 0 Å². The van der Waals surface area contributed by atoms with Gasteiger partial charge in [-0.15, -0.1) is 0 Å². The summed E-state index contributed by atoms with van der Waals surface area (Å²) in [5.41, 5.74) is 4.42. The minimum Gasteiger partial charge on any atom is -0.545 e. The third-order valence-corrected chi connectivity index (χ3v) is 6.90. The number of rotatable bonds is 7. The fraction of sp³-hybridized carbons (Fsp3) is 0.200. The first-order valence-corrected chi connectivity index (χ1v) is 12.0. The number of carbonyl (C=O) groups is 3. The Kier molecular flexibility index (Phi) is 6.55. The van der Waals surface area contributed by atoms with Gasteiger partial charge >= 0.3 is 5.97 Å². The van der Waals surface area contributed by atoms with Gasteiger partial charge in [-0.3, -0.25) is 14.6 Å². The molecule has 3 aromatic carbocycles. The molecule has 0 fully saturated rings. The first-order valence-electron chi connectivity index (χ1n) is 12.0. The van der Waals surface area contributed by atoms with E-state index in [-0.39, 0.29) is 18.0 Å². The molecule has 0 radical (unpaired) electrons. The maximum atomic E-state index is 13.5. The number of carboxylic acid groups (broad SMARTS) is 1. The van der Waals surface area contributed by atoms with Crippen LogP contribution in [0.15, 0.2) is 77.3 Å². The van der Waals surface area contributed by atoms with Crippen LogP contribution >= 0.6 is 0 Å². The number of aromatic carboxylic acids is 1. The van der Waals surface area contributed by atoms with Gasteiger partial charge < -0.3 is 24.1 Å². The smallest absolute Gasteiger partial charge is 0.315 e. The Morgan fingerprint density at radius 3 is 2.32 bits per heavy atom. The highest BCUT2D eigenvalue weighted by atomic mass is 16.5. The fourth-order valence-corrected chi connectivity index (χ4v) is 5.04. The molecule has 3 aromatic rings. The molecule has 0 spiro atoms. The van der Waals surface area contributed by atoms with Gasteiger partial charge in [0.15, 0.2) is 17.3 Å². The number of ketones is 1. The number of Topliss-reactive ketones (excluding diaryl/α,β-unsaturated/α-hetero) is 1. The zero-order valence-electron chi connectivity index (χ0n) is 21.0. The third kappa shape index (κ3) is 4.24. The number of allylic oxidation sites excluding steroid dienone is 1. The Hall–Kier alpha value is -4.72. The van der Waals surface area contributed by atoms with Crippen LogP contribution < -0.4 is 14.6 Å². The van der Waals surface area contributed by atoms with Gasteiger partial charge in [-0.1, -0.05) is 54.6 Å². The van der Waals surface area contributed by atoms with Gasteiger partial charge in [-0.05, 0) is 35.7 Å². The molecule has 1 aliphatic heterocycles. The molecular weight excluding hydrogens is 486 g/mol. The van der Waals surface area contributed by atoms with Crippen molar-refractivity contribution < 1.29 is 33.7 Å². The number of hydrogen-bond acceptors (Lipinski definition) is 8. The predicted molar refractivity (Wildman–Crippen MR) is 137 cm³/mol. The van der Waals surface area contributed by atoms with Crippen molar-refractivity contribution in [1.82, 2.24) is 0 Å². The molecule has 0 N–H and O–H groups in total. The zero-order valence-corrected chi connectivity index (χ0v) is 21.0. The molecule has 8 heteroatoms. The van der Waals surface area contributed by atoms with E-state index in [9.17, 15) is 19.5 Å². The number of ether oxygens (including phenoxy) is 3. The maximum absolute atomic E-state index is 13.5. The van der Waals surface area contributed by atoms with Crippen LogP contribution in [-0.2, 0) is 16.1 Å². The summed E-state index contributed by atoms with van der Waals surface area (Å²) in [6.45, 7) is 1.94. The Balaban J connectivity index is 1.51. The normalized spacial score (nSPS) is 17.9. The van der Waals surface area contributed by atoms with Gasteiger partial charge in [0.1, 0.15) is 12.5 Å². The van der Waals surface area contributed by atoms with Crippen molar-refractivity contribution in [3.8, 4) is 11.5 Å². The number of carbonyl (C=O) groups excluding carboxylic acids is 3. The number of fused-ring (bicyclic) bond motifs is 2. The first-order chi connectivity index (χ1) is 18.3. The highest BCUT2D eigenvalue weighted by molar-refractivity contribution is 6.24. The maximum Gasteiger partial charge on any atom is 0.315 e. The highest BCUT2D eigenvalue weighted by Crippen LogP contribution is 2.49. The minimum atomic E-state index is -1.25. The van der Waals surface area contributed by atoms with E-state index in [2.05, 4.69) is 4.99 Å². The Labute approximate surface area is 219 Å². The lowest BCUT2D eigenvalue weighted by molar-refractivity contribution is -0.255. The molecule has 38 heavy (non-hydrogen) atoms. The molecule has 1 unspecified atom stereocenters. The van der Waals surface area contributed by atoms with Crippen molar-refractivity contribution in [3.63, 3.8) is 0 Å². The number of nitrogens with zero attached hydrogens (tertiary/aromatic N) is 1. The van der Waals surface area contributed by atoms with Gasteiger partial charge in [0.2, 0.25) is 0 Å². The first kappa shape index (κ1) is 25.0. The summed E-state index contributed by atoms with van der Waals surface area (Å²) in [6.07, 6.45) is 0. The fourth-order valence-electron chi connectivity index (χ4n) is 5.04. The van der Waals surface area contributed by atoms with Crippen molar-refractivity contribution >= 4 is 29.1 Å². The second kappa shape index (κ2) is 9.97. The van der Waals surface area contributed by atoms with Crippen molar-refractivity contribution in [2.24, 2.45) is 10.9 Å². The van der Waals surface area contributed by atoms with E-state index >= 15 is 0 Å². The Morgan fingerprint density at radius 1 is 0.947 bits per heavy atom. The molecule has 0 amide bonds. The molecule has 2 aliphatic rings. The standard InChI is InChI=1S/C30H25NO7/c1-16-24(30(35)37-3)25(26-27(31-16)20-6-4-5-7-21(20)28(26)32)19-12-13-22(23(14-19)36-2)38-15-17-8-10-18(11-9-17)29(33)34/h4-14,24-25H,15H2,1-3H3,(H,33,34)/p-1/t24?,25-/m1/s1. The lowest BCUT2D eigenvalue weighted by atomic mass is 9.75. The summed E-state index contributed by atoms with van der Waals surface area (Å²) in [4.78, 5) is 42.1. The molecule has 0 aromatic heterocycles. The van der Waals surface area contributed by atoms with Crippen LogP contribution in [0.1, 0.15) is 50.2 Å². The van der Waals surface area contributed by atoms with Crippen molar-refractivity contribution in [2.75, 3.05) is 14.2 Å². The van der Waals surface area contributed by atoms with Gasteiger partial charge in [0, 0.05) is 28.3 Å². The quantitative estimate of drug-likeness (QED) is 0.446. The number of hydrogen-bond donors (Lipinski definition) is 0. The van der Waals surface area contributed by atoms with Crippen LogP contribution in [0.25, 0.3) is 5.70 Å². The average molecular weight is 511 g/mol. The van der Waals surface area contributed by atoms with Gasteiger partial charge in [0.05, 0.1) is 25.9 Å².